The SMILES string of the molecule is C=C/C(Br)=C/CC(CC)OC. The lowest BCUT2D eigenvalue weighted by Gasteiger charge is -2.09. The van der Waals surface area contributed by atoms with E-state index in [0.717, 1.165) is 17.3 Å². The Balaban J connectivity index is 3.73. The molecule has 1 atom stereocenters. The fraction of sp³-hybridized carbons (Fsp3) is 0.556. The van der Waals surface area contributed by atoms with Gasteiger partial charge in [-0.05, 0) is 12.8 Å². The molecule has 0 fully saturated rings. The zero-order valence-corrected chi connectivity index (χ0v) is 8.73. The van der Waals surface area contributed by atoms with Crippen molar-refractivity contribution in [1.82, 2.24) is 0 Å². The minimum atomic E-state index is 0.336. The van der Waals surface area contributed by atoms with Crippen molar-refractivity contribution < 1.29 is 4.74 Å². The highest BCUT2D eigenvalue weighted by molar-refractivity contribution is 9.11. The fourth-order valence-corrected chi connectivity index (χ4v) is 0.944. The van der Waals surface area contributed by atoms with Crippen molar-refractivity contribution in [3.63, 3.8) is 0 Å². The molecule has 1 nitrogen and oxygen atoms in total. The summed E-state index contributed by atoms with van der Waals surface area (Å²) in [6.45, 7) is 5.75. The van der Waals surface area contributed by atoms with Crippen molar-refractivity contribution in [2.24, 2.45) is 0 Å². The van der Waals surface area contributed by atoms with Crippen molar-refractivity contribution in [2.45, 2.75) is 25.9 Å². The van der Waals surface area contributed by atoms with Crippen molar-refractivity contribution in [2.75, 3.05) is 7.11 Å². The Hall–Kier alpha value is -0.0800. The van der Waals surface area contributed by atoms with Gasteiger partial charge in [-0.2, -0.15) is 0 Å². The van der Waals surface area contributed by atoms with Crippen LogP contribution in [0, 0.1) is 0 Å². The van der Waals surface area contributed by atoms with Crippen LogP contribution in [0.2, 0.25) is 0 Å². The van der Waals surface area contributed by atoms with Gasteiger partial charge in [-0.15, -0.1) is 0 Å². The van der Waals surface area contributed by atoms with E-state index in [0.29, 0.717) is 6.10 Å². The Morgan fingerprint density at radius 2 is 2.36 bits per heavy atom. The Morgan fingerprint density at radius 3 is 2.73 bits per heavy atom. The van der Waals surface area contributed by atoms with Crippen molar-refractivity contribution in [1.29, 1.82) is 0 Å². The minimum Gasteiger partial charge on any atom is -0.381 e. The molecule has 0 saturated heterocycles. The Kier molecular flexibility index (Phi) is 6.57. The molecular formula is C9H15BrO. The molecule has 0 saturated carbocycles. The van der Waals surface area contributed by atoms with Gasteiger partial charge in [0.15, 0.2) is 0 Å². The van der Waals surface area contributed by atoms with Crippen LogP contribution >= 0.6 is 15.9 Å². The molecule has 0 amide bonds. The van der Waals surface area contributed by atoms with E-state index in [4.69, 9.17) is 4.74 Å². The normalized spacial score (nSPS) is 14.6. The van der Waals surface area contributed by atoms with E-state index in [1.54, 1.807) is 13.2 Å². The predicted octanol–water partition coefficient (Wildman–Crippen LogP) is 3.27. The maximum absolute atomic E-state index is 5.19. The Morgan fingerprint density at radius 1 is 1.73 bits per heavy atom. The summed E-state index contributed by atoms with van der Waals surface area (Å²) in [5, 5.41) is 0. The van der Waals surface area contributed by atoms with Crippen LogP contribution in [0.25, 0.3) is 0 Å². The number of hydrogen-bond acceptors (Lipinski definition) is 1. The van der Waals surface area contributed by atoms with Crippen LogP contribution in [0.5, 0.6) is 0 Å². The summed E-state index contributed by atoms with van der Waals surface area (Å²) in [6.07, 6.45) is 6.18. The Labute approximate surface area is 77.3 Å². The highest BCUT2D eigenvalue weighted by atomic mass is 79.9. The topological polar surface area (TPSA) is 9.23 Å². The average Bonchev–Trinajstić information content (AvgIpc) is 2.06. The molecule has 0 bridgehead atoms. The van der Waals surface area contributed by atoms with Gasteiger partial charge in [-0.3, -0.25) is 0 Å². The lowest BCUT2D eigenvalue weighted by molar-refractivity contribution is 0.102. The highest BCUT2D eigenvalue weighted by Crippen LogP contribution is 2.10. The summed E-state index contributed by atoms with van der Waals surface area (Å²) in [5.74, 6) is 0. The molecule has 0 rings (SSSR count). The molecular weight excluding hydrogens is 204 g/mol. The quantitative estimate of drug-likeness (QED) is 0.645. The number of methoxy groups -OCH3 is 1. The van der Waals surface area contributed by atoms with Gasteiger partial charge in [0, 0.05) is 11.6 Å². The molecule has 0 aliphatic carbocycles. The molecule has 0 aromatic heterocycles. The number of rotatable bonds is 5. The maximum Gasteiger partial charge on any atom is 0.0603 e. The van der Waals surface area contributed by atoms with Gasteiger partial charge < -0.3 is 4.74 Å². The van der Waals surface area contributed by atoms with Gasteiger partial charge in [-0.25, -0.2) is 0 Å². The van der Waals surface area contributed by atoms with Gasteiger partial charge >= 0.3 is 0 Å². The van der Waals surface area contributed by atoms with E-state index in [2.05, 4.69) is 35.5 Å². The molecule has 0 heterocycles. The molecule has 0 spiro atoms. The summed E-state index contributed by atoms with van der Waals surface area (Å²) in [4.78, 5) is 0. The van der Waals surface area contributed by atoms with Crippen LogP contribution < -0.4 is 0 Å². The van der Waals surface area contributed by atoms with E-state index < -0.39 is 0 Å². The molecule has 64 valence electrons. The zero-order chi connectivity index (χ0) is 8.69. The second kappa shape index (κ2) is 6.62. The predicted molar refractivity (Wildman–Crippen MR) is 52.9 cm³/mol. The van der Waals surface area contributed by atoms with E-state index in [-0.39, 0.29) is 0 Å². The first-order chi connectivity index (χ1) is 5.24. The van der Waals surface area contributed by atoms with E-state index in [9.17, 15) is 0 Å². The van der Waals surface area contributed by atoms with Crippen molar-refractivity contribution in [3.05, 3.63) is 23.2 Å². The lowest BCUT2D eigenvalue weighted by atomic mass is 10.2. The highest BCUT2D eigenvalue weighted by Gasteiger charge is 2.00. The van der Waals surface area contributed by atoms with E-state index in [1.165, 1.54) is 0 Å². The molecule has 0 radical (unpaired) electrons. The lowest BCUT2D eigenvalue weighted by Crippen LogP contribution is -2.06. The van der Waals surface area contributed by atoms with Crippen molar-refractivity contribution >= 4 is 15.9 Å². The standard InChI is InChI=1S/C9H15BrO/c1-4-8(10)6-7-9(5-2)11-3/h4,6,9H,1,5,7H2,2-3H3/b8-6-. The van der Waals surface area contributed by atoms with Crippen LogP contribution in [0.15, 0.2) is 23.2 Å². The molecule has 0 aliphatic rings. The molecule has 0 aromatic carbocycles. The van der Waals surface area contributed by atoms with E-state index >= 15 is 0 Å². The minimum absolute atomic E-state index is 0.336. The second-order valence-electron chi connectivity index (χ2n) is 2.29. The van der Waals surface area contributed by atoms with Gasteiger partial charge in [0.25, 0.3) is 0 Å². The van der Waals surface area contributed by atoms with Gasteiger partial charge in [0.05, 0.1) is 6.10 Å². The molecule has 1 unspecified atom stereocenters. The summed E-state index contributed by atoms with van der Waals surface area (Å²) in [5.41, 5.74) is 0. The van der Waals surface area contributed by atoms with Gasteiger partial charge in [-0.1, -0.05) is 41.6 Å². The summed E-state index contributed by atoms with van der Waals surface area (Å²) in [7, 11) is 1.74. The maximum atomic E-state index is 5.19. The summed E-state index contributed by atoms with van der Waals surface area (Å²) in [6, 6.07) is 0. The average molecular weight is 219 g/mol. The molecule has 0 N–H and O–H groups in total. The third kappa shape index (κ3) is 5.22. The Bertz CT molecular complexity index is 136. The molecule has 0 aromatic rings. The zero-order valence-electron chi connectivity index (χ0n) is 7.14. The van der Waals surface area contributed by atoms with E-state index in [1.807, 2.05) is 0 Å². The van der Waals surface area contributed by atoms with Gasteiger partial charge in [0.1, 0.15) is 0 Å². The van der Waals surface area contributed by atoms with Crippen LogP contribution in [0.3, 0.4) is 0 Å². The summed E-state index contributed by atoms with van der Waals surface area (Å²) < 4.78 is 6.23. The number of hydrogen-bond donors (Lipinski definition) is 0. The third-order valence-electron chi connectivity index (χ3n) is 1.56. The number of halogens is 1. The van der Waals surface area contributed by atoms with Gasteiger partial charge in [0.2, 0.25) is 0 Å². The first-order valence-electron chi connectivity index (χ1n) is 3.75. The first kappa shape index (κ1) is 10.9. The van der Waals surface area contributed by atoms with Crippen LogP contribution in [-0.4, -0.2) is 13.2 Å². The monoisotopic (exact) mass is 218 g/mol. The second-order valence-corrected chi connectivity index (χ2v) is 3.21. The van der Waals surface area contributed by atoms with Crippen LogP contribution in [0.4, 0.5) is 0 Å². The fourth-order valence-electron chi connectivity index (χ4n) is 0.757. The number of ether oxygens (including phenoxy) is 1. The molecule has 0 aliphatic heterocycles. The van der Waals surface area contributed by atoms with Crippen molar-refractivity contribution in [3.8, 4) is 0 Å². The smallest absolute Gasteiger partial charge is 0.0603 e. The molecule has 11 heavy (non-hydrogen) atoms. The largest absolute Gasteiger partial charge is 0.381 e. The first-order valence-corrected chi connectivity index (χ1v) is 4.54. The van der Waals surface area contributed by atoms with Crippen LogP contribution in [-0.2, 0) is 4.74 Å². The molecule has 2 heteroatoms. The third-order valence-corrected chi connectivity index (χ3v) is 2.21. The summed E-state index contributed by atoms with van der Waals surface area (Å²) >= 11 is 3.35. The van der Waals surface area contributed by atoms with Crippen LogP contribution in [0.1, 0.15) is 19.8 Å². The number of allylic oxidation sites excluding steroid dienone is 2.